The van der Waals surface area contributed by atoms with Gasteiger partial charge in [0.1, 0.15) is 16.1 Å². The average Bonchev–Trinajstić information content (AvgIpc) is 2.95. The van der Waals surface area contributed by atoms with Crippen molar-refractivity contribution < 1.29 is 19.4 Å². The summed E-state index contributed by atoms with van der Waals surface area (Å²) in [5.74, 6) is -0.712. The van der Waals surface area contributed by atoms with Crippen LogP contribution in [0.15, 0.2) is 59.5 Å². The maximum Gasteiger partial charge on any atom is 0.327 e. The van der Waals surface area contributed by atoms with E-state index in [1.165, 1.54) is 4.90 Å². The van der Waals surface area contributed by atoms with Gasteiger partial charge in [0.2, 0.25) is 0 Å². The van der Waals surface area contributed by atoms with Crippen molar-refractivity contribution in [1.82, 2.24) is 4.90 Å². The second kappa shape index (κ2) is 9.03. The molecule has 0 spiro atoms. The first-order valence-corrected chi connectivity index (χ1v) is 9.98. The third-order valence-corrected chi connectivity index (χ3v) is 5.51. The van der Waals surface area contributed by atoms with Gasteiger partial charge in [0.15, 0.2) is 0 Å². The molecule has 0 radical (unpaired) electrons. The number of carboxylic acids is 1. The number of nitrogens with zero attached hydrogens (tertiary/aromatic N) is 1. The lowest BCUT2D eigenvalue weighted by Gasteiger charge is -2.23. The standard InChI is InChI=1S/C21H19NO4S2/c1-2-26-16-10-8-15(9-11-16)13-18-19(23)22(21(27)28-18)17(20(24)25)12-14-6-4-3-5-7-14/h3-11,13,17H,2,12H2,1H3,(H,24,25). The third kappa shape index (κ3) is 4.61. The van der Waals surface area contributed by atoms with Crippen molar-refractivity contribution in [2.24, 2.45) is 0 Å². The molecule has 1 N–H and O–H groups in total. The molecular weight excluding hydrogens is 394 g/mol. The first-order valence-electron chi connectivity index (χ1n) is 8.76. The molecule has 28 heavy (non-hydrogen) atoms. The lowest BCUT2D eigenvalue weighted by atomic mass is 10.0. The molecule has 1 saturated heterocycles. The number of ether oxygens (including phenoxy) is 1. The number of hydrogen-bond acceptors (Lipinski definition) is 5. The van der Waals surface area contributed by atoms with E-state index in [1.54, 1.807) is 6.08 Å². The number of hydrogen-bond donors (Lipinski definition) is 1. The number of benzene rings is 2. The first kappa shape index (κ1) is 20.1. The highest BCUT2D eigenvalue weighted by Gasteiger charge is 2.40. The lowest BCUT2D eigenvalue weighted by molar-refractivity contribution is -0.145. The number of rotatable bonds is 7. The highest BCUT2D eigenvalue weighted by Crippen LogP contribution is 2.35. The molecule has 1 aliphatic rings. The summed E-state index contributed by atoms with van der Waals surface area (Å²) < 4.78 is 5.67. The zero-order chi connectivity index (χ0) is 20.1. The van der Waals surface area contributed by atoms with Gasteiger partial charge in [-0.15, -0.1) is 0 Å². The van der Waals surface area contributed by atoms with E-state index in [2.05, 4.69) is 0 Å². The van der Waals surface area contributed by atoms with E-state index in [0.29, 0.717) is 11.5 Å². The molecule has 2 aromatic rings. The topological polar surface area (TPSA) is 66.8 Å². The number of carboxylic acid groups (broad SMARTS) is 1. The number of carbonyl (C=O) groups excluding carboxylic acids is 1. The summed E-state index contributed by atoms with van der Waals surface area (Å²) in [5, 5.41) is 9.69. The molecule has 0 bridgehead atoms. The van der Waals surface area contributed by atoms with Crippen LogP contribution < -0.4 is 4.74 Å². The minimum atomic E-state index is -1.08. The molecule has 7 heteroatoms. The summed E-state index contributed by atoms with van der Waals surface area (Å²) in [6.07, 6.45) is 1.91. The van der Waals surface area contributed by atoms with E-state index >= 15 is 0 Å². The van der Waals surface area contributed by atoms with Gasteiger partial charge in [-0.3, -0.25) is 9.69 Å². The van der Waals surface area contributed by atoms with Gasteiger partial charge >= 0.3 is 5.97 Å². The molecule has 0 saturated carbocycles. The van der Waals surface area contributed by atoms with Gasteiger partial charge in [-0.25, -0.2) is 4.79 Å². The Labute approximate surface area is 173 Å². The average molecular weight is 414 g/mol. The molecule has 1 aliphatic heterocycles. The van der Waals surface area contributed by atoms with Crippen molar-refractivity contribution in [2.45, 2.75) is 19.4 Å². The molecule has 1 fully saturated rings. The summed E-state index contributed by atoms with van der Waals surface area (Å²) in [6.45, 7) is 2.49. The third-order valence-electron chi connectivity index (χ3n) is 4.18. The number of aliphatic carboxylic acids is 1. The SMILES string of the molecule is CCOc1ccc(C=C2SC(=S)N(C(Cc3ccccc3)C(=O)O)C2=O)cc1. The zero-order valence-electron chi connectivity index (χ0n) is 15.2. The van der Waals surface area contributed by atoms with Crippen molar-refractivity contribution in [2.75, 3.05) is 6.61 Å². The molecule has 144 valence electrons. The van der Waals surface area contributed by atoms with Crippen LogP contribution in [-0.4, -0.2) is 38.9 Å². The molecule has 2 aromatic carbocycles. The minimum Gasteiger partial charge on any atom is -0.494 e. The fourth-order valence-electron chi connectivity index (χ4n) is 2.85. The molecule has 1 atom stereocenters. The normalized spacial score (nSPS) is 16.5. The Bertz CT molecular complexity index is 910. The molecule has 1 amide bonds. The van der Waals surface area contributed by atoms with Crippen LogP contribution in [0.4, 0.5) is 0 Å². The van der Waals surface area contributed by atoms with Gasteiger partial charge in [0.05, 0.1) is 11.5 Å². The summed E-state index contributed by atoms with van der Waals surface area (Å²) in [5.41, 5.74) is 1.65. The van der Waals surface area contributed by atoms with Crippen LogP contribution >= 0.6 is 24.0 Å². The highest BCUT2D eigenvalue weighted by atomic mass is 32.2. The molecule has 3 rings (SSSR count). The van der Waals surface area contributed by atoms with Crippen LogP contribution in [0, 0.1) is 0 Å². The number of thiocarbonyl (C=S) groups is 1. The molecule has 1 unspecified atom stereocenters. The van der Waals surface area contributed by atoms with Crippen LogP contribution in [-0.2, 0) is 16.0 Å². The van der Waals surface area contributed by atoms with Gasteiger partial charge in [-0.2, -0.15) is 0 Å². The van der Waals surface area contributed by atoms with Gasteiger partial charge in [0.25, 0.3) is 5.91 Å². The molecule has 0 aliphatic carbocycles. The van der Waals surface area contributed by atoms with Crippen LogP contribution in [0.3, 0.4) is 0 Å². The van der Waals surface area contributed by atoms with Gasteiger partial charge in [-0.05, 0) is 36.3 Å². The van der Waals surface area contributed by atoms with E-state index in [0.717, 1.165) is 28.6 Å². The second-order valence-corrected chi connectivity index (χ2v) is 7.77. The van der Waals surface area contributed by atoms with Crippen LogP contribution in [0.2, 0.25) is 0 Å². The highest BCUT2D eigenvalue weighted by molar-refractivity contribution is 8.26. The van der Waals surface area contributed by atoms with E-state index in [4.69, 9.17) is 17.0 Å². The zero-order valence-corrected chi connectivity index (χ0v) is 16.8. The summed E-state index contributed by atoms with van der Waals surface area (Å²) in [4.78, 5) is 26.4. The lowest BCUT2D eigenvalue weighted by Crippen LogP contribution is -2.45. The Morgan fingerprint density at radius 2 is 1.89 bits per heavy atom. The van der Waals surface area contributed by atoms with E-state index in [1.807, 2.05) is 61.5 Å². The Morgan fingerprint density at radius 3 is 2.50 bits per heavy atom. The molecule has 0 aromatic heterocycles. The summed E-state index contributed by atoms with van der Waals surface area (Å²) >= 11 is 6.44. The van der Waals surface area contributed by atoms with Gasteiger partial charge in [0, 0.05) is 6.42 Å². The second-order valence-electron chi connectivity index (χ2n) is 6.10. The maximum absolute atomic E-state index is 12.9. The van der Waals surface area contributed by atoms with E-state index < -0.39 is 12.0 Å². The Morgan fingerprint density at radius 1 is 1.21 bits per heavy atom. The fourth-order valence-corrected chi connectivity index (χ4v) is 4.21. The van der Waals surface area contributed by atoms with Crippen LogP contribution in [0.1, 0.15) is 18.1 Å². The fraction of sp³-hybridized carbons (Fsp3) is 0.190. The van der Waals surface area contributed by atoms with Crippen LogP contribution in [0.5, 0.6) is 5.75 Å². The Balaban J connectivity index is 1.82. The number of carbonyl (C=O) groups is 2. The summed E-state index contributed by atoms with van der Waals surface area (Å²) in [6, 6.07) is 15.5. The van der Waals surface area contributed by atoms with Crippen LogP contribution in [0.25, 0.3) is 6.08 Å². The van der Waals surface area contributed by atoms with E-state index in [-0.39, 0.29) is 16.6 Å². The van der Waals surface area contributed by atoms with Crippen molar-refractivity contribution in [3.05, 3.63) is 70.6 Å². The van der Waals surface area contributed by atoms with Gasteiger partial charge < -0.3 is 9.84 Å². The molecular formula is C21H19NO4S2. The van der Waals surface area contributed by atoms with Crippen molar-refractivity contribution in [3.8, 4) is 5.75 Å². The number of amides is 1. The molecule has 1 heterocycles. The Kier molecular flexibility index (Phi) is 6.49. The van der Waals surface area contributed by atoms with Crippen molar-refractivity contribution in [1.29, 1.82) is 0 Å². The van der Waals surface area contributed by atoms with Crippen molar-refractivity contribution in [3.63, 3.8) is 0 Å². The summed E-state index contributed by atoms with van der Waals surface area (Å²) in [7, 11) is 0. The first-order chi connectivity index (χ1) is 13.5. The molecule has 5 nitrogen and oxygen atoms in total. The monoisotopic (exact) mass is 413 g/mol. The largest absolute Gasteiger partial charge is 0.494 e. The van der Waals surface area contributed by atoms with E-state index in [9.17, 15) is 14.7 Å². The predicted octanol–water partition coefficient (Wildman–Crippen LogP) is 3.98. The predicted molar refractivity (Wildman–Crippen MR) is 114 cm³/mol. The number of thioether (sulfide) groups is 1. The maximum atomic E-state index is 12.9. The quantitative estimate of drug-likeness (QED) is 0.547. The smallest absolute Gasteiger partial charge is 0.327 e. The Hall–Kier alpha value is -2.64. The van der Waals surface area contributed by atoms with Gasteiger partial charge in [-0.1, -0.05) is 66.4 Å². The van der Waals surface area contributed by atoms with Crippen molar-refractivity contribution >= 4 is 46.3 Å². The minimum absolute atomic E-state index is 0.193.